The fourth-order valence-electron chi connectivity index (χ4n) is 3.15. The summed E-state index contributed by atoms with van der Waals surface area (Å²) in [5.41, 5.74) is 0. The van der Waals surface area contributed by atoms with E-state index in [-0.39, 0.29) is 6.04 Å². The van der Waals surface area contributed by atoms with E-state index < -0.39 is 9.84 Å². The normalized spacial score (nSPS) is 33.4. The Hall–Kier alpha value is -0.130. The van der Waals surface area contributed by atoms with Gasteiger partial charge >= 0.3 is 0 Å². The van der Waals surface area contributed by atoms with Gasteiger partial charge in [0.1, 0.15) is 0 Å². The number of likely N-dealkylation sites (tertiary alicyclic amines) is 1. The molecule has 4 nitrogen and oxygen atoms in total. The summed E-state index contributed by atoms with van der Waals surface area (Å²) in [7, 11) is -0.568. The molecule has 106 valence electrons. The molecule has 1 N–H and O–H groups in total. The molecule has 0 amide bonds. The van der Waals surface area contributed by atoms with Crippen LogP contribution in [0.15, 0.2) is 0 Å². The van der Waals surface area contributed by atoms with Crippen LogP contribution in [0.3, 0.4) is 0 Å². The third-order valence-corrected chi connectivity index (χ3v) is 6.12. The predicted molar refractivity (Wildman–Crippen MR) is 74.6 cm³/mol. The molecule has 0 radical (unpaired) electrons. The number of hydrogen-bond donors (Lipinski definition) is 1. The Balaban J connectivity index is 1.68. The second kappa shape index (κ2) is 6.35. The average molecular weight is 274 g/mol. The van der Waals surface area contributed by atoms with Gasteiger partial charge in [0.05, 0.1) is 11.5 Å². The maximum atomic E-state index is 11.5. The van der Waals surface area contributed by atoms with Gasteiger partial charge in [0.25, 0.3) is 0 Å². The van der Waals surface area contributed by atoms with Crippen LogP contribution in [-0.4, -0.2) is 57.0 Å². The quantitative estimate of drug-likeness (QED) is 0.832. The van der Waals surface area contributed by atoms with Gasteiger partial charge in [-0.3, -0.25) is 0 Å². The van der Waals surface area contributed by atoms with E-state index in [1.165, 1.54) is 25.8 Å². The van der Waals surface area contributed by atoms with Gasteiger partial charge in [-0.25, -0.2) is 8.42 Å². The molecular formula is C13H26N2O2S. The summed E-state index contributed by atoms with van der Waals surface area (Å²) in [6, 6.07) is 0.879. The van der Waals surface area contributed by atoms with Crippen LogP contribution < -0.4 is 5.32 Å². The summed E-state index contributed by atoms with van der Waals surface area (Å²) in [4.78, 5) is 2.45. The van der Waals surface area contributed by atoms with Gasteiger partial charge in [0.15, 0.2) is 9.84 Å². The van der Waals surface area contributed by atoms with E-state index in [4.69, 9.17) is 0 Å². The molecule has 2 aliphatic heterocycles. The molecule has 0 aliphatic carbocycles. The molecule has 0 aromatic heterocycles. The van der Waals surface area contributed by atoms with Crippen LogP contribution in [0.25, 0.3) is 0 Å². The number of sulfone groups is 1. The van der Waals surface area contributed by atoms with Crippen LogP contribution in [-0.2, 0) is 9.84 Å². The minimum atomic E-state index is -2.77. The summed E-state index contributed by atoms with van der Waals surface area (Å²) in [6.07, 6.45) is 6.94. The van der Waals surface area contributed by atoms with Gasteiger partial charge < -0.3 is 10.2 Å². The van der Waals surface area contributed by atoms with Crippen molar-refractivity contribution in [1.82, 2.24) is 10.2 Å². The van der Waals surface area contributed by atoms with Gasteiger partial charge in [0.2, 0.25) is 0 Å². The number of nitrogens with zero attached hydrogens (tertiary/aromatic N) is 1. The van der Waals surface area contributed by atoms with Crippen LogP contribution >= 0.6 is 0 Å². The number of nitrogens with one attached hydrogen (secondary N) is 1. The number of rotatable bonds is 4. The molecule has 0 aromatic carbocycles. The van der Waals surface area contributed by atoms with E-state index in [1.54, 1.807) is 0 Å². The Morgan fingerprint density at radius 2 is 2.06 bits per heavy atom. The van der Waals surface area contributed by atoms with E-state index in [2.05, 4.69) is 17.3 Å². The van der Waals surface area contributed by atoms with Crippen molar-refractivity contribution in [3.05, 3.63) is 0 Å². The van der Waals surface area contributed by atoms with Crippen molar-refractivity contribution in [2.24, 2.45) is 0 Å². The first kappa shape index (κ1) is 14.3. The zero-order valence-electron chi connectivity index (χ0n) is 11.4. The van der Waals surface area contributed by atoms with Crippen molar-refractivity contribution in [2.75, 3.05) is 31.6 Å². The third kappa shape index (κ3) is 4.21. The molecule has 0 aromatic rings. The van der Waals surface area contributed by atoms with Crippen molar-refractivity contribution in [3.8, 4) is 0 Å². The molecule has 2 aliphatic rings. The SMILES string of the molecule is CN1CCCCC1CCNC1CCCS(=O)(=O)C1. The van der Waals surface area contributed by atoms with Gasteiger partial charge in [-0.2, -0.15) is 0 Å². The van der Waals surface area contributed by atoms with Crippen LogP contribution in [0.4, 0.5) is 0 Å². The lowest BCUT2D eigenvalue weighted by Gasteiger charge is -2.33. The molecule has 2 fully saturated rings. The second-order valence-electron chi connectivity index (χ2n) is 5.83. The minimum Gasteiger partial charge on any atom is -0.313 e. The van der Waals surface area contributed by atoms with E-state index in [0.29, 0.717) is 17.5 Å². The topological polar surface area (TPSA) is 49.4 Å². The summed E-state index contributed by atoms with van der Waals surface area (Å²) in [6.45, 7) is 2.16. The van der Waals surface area contributed by atoms with Gasteiger partial charge in [-0.1, -0.05) is 6.42 Å². The Bertz CT molecular complexity index is 356. The van der Waals surface area contributed by atoms with Crippen LogP contribution in [0, 0.1) is 0 Å². The summed E-state index contributed by atoms with van der Waals surface area (Å²) >= 11 is 0. The van der Waals surface area contributed by atoms with Crippen LogP contribution in [0.1, 0.15) is 38.5 Å². The maximum absolute atomic E-state index is 11.5. The highest BCUT2D eigenvalue weighted by molar-refractivity contribution is 7.91. The lowest BCUT2D eigenvalue weighted by molar-refractivity contribution is 0.174. The van der Waals surface area contributed by atoms with Crippen molar-refractivity contribution >= 4 is 9.84 Å². The molecule has 2 rings (SSSR count). The molecule has 2 atom stereocenters. The molecule has 2 saturated heterocycles. The standard InChI is InChI=1S/C13H26N2O2S/c1-15-9-3-2-6-13(15)7-8-14-12-5-4-10-18(16,17)11-12/h12-14H,2-11H2,1H3. The Kier molecular flexibility index (Phi) is 5.04. The largest absolute Gasteiger partial charge is 0.313 e. The smallest absolute Gasteiger partial charge is 0.151 e. The number of hydrogen-bond acceptors (Lipinski definition) is 4. The van der Waals surface area contributed by atoms with Crippen molar-refractivity contribution < 1.29 is 8.42 Å². The molecule has 5 heteroatoms. The molecule has 0 bridgehead atoms. The highest BCUT2D eigenvalue weighted by Gasteiger charge is 2.25. The summed E-state index contributed by atoms with van der Waals surface area (Å²) in [5.74, 6) is 0.726. The van der Waals surface area contributed by atoms with Gasteiger partial charge in [-0.15, -0.1) is 0 Å². The molecule has 18 heavy (non-hydrogen) atoms. The van der Waals surface area contributed by atoms with Crippen LogP contribution in [0.2, 0.25) is 0 Å². The lowest BCUT2D eigenvalue weighted by atomic mass is 10.00. The average Bonchev–Trinajstić information content (AvgIpc) is 2.30. The highest BCUT2D eigenvalue weighted by atomic mass is 32.2. The summed E-state index contributed by atoms with van der Waals surface area (Å²) in [5, 5.41) is 3.44. The molecule has 0 saturated carbocycles. The Morgan fingerprint density at radius 3 is 2.78 bits per heavy atom. The monoisotopic (exact) mass is 274 g/mol. The van der Waals surface area contributed by atoms with Crippen LogP contribution in [0.5, 0.6) is 0 Å². The second-order valence-corrected chi connectivity index (χ2v) is 8.06. The van der Waals surface area contributed by atoms with E-state index in [1.807, 2.05) is 0 Å². The Morgan fingerprint density at radius 1 is 1.22 bits per heavy atom. The summed E-state index contributed by atoms with van der Waals surface area (Å²) < 4.78 is 23.1. The minimum absolute atomic E-state index is 0.192. The third-order valence-electron chi connectivity index (χ3n) is 4.30. The van der Waals surface area contributed by atoms with E-state index in [0.717, 1.165) is 25.8 Å². The lowest BCUT2D eigenvalue weighted by Crippen LogP contribution is -2.43. The predicted octanol–water partition coefficient (Wildman–Crippen LogP) is 1.03. The highest BCUT2D eigenvalue weighted by Crippen LogP contribution is 2.18. The first-order valence-electron chi connectivity index (χ1n) is 7.21. The van der Waals surface area contributed by atoms with Crippen molar-refractivity contribution in [1.29, 1.82) is 0 Å². The Labute approximate surface area is 111 Å². The van der Waals surface area contributed by atoms with Crippen molar-refractivity contribution in [3.63, 3.8) is 0 Å². The molecular weight excluding hydrogens is 248 g/mol. The zero-order valence-corrected chi connectivity index (χ0v) is 12.2. The van der Waals surface area contributed by atoms with Gasteiger partial charge in [-0.05, 0) is 52.2 Å². The molecule has 2 heterocycles. The first-order valence-corrected chi connectivity index (χ1v) is 9.03. The maximum Gasteiger partial charge on any atom is 0.151 e. The zero-order chi connectivity index (χ0) is 13.0. The first-order chi connectivity index (χ1) is 8.57. The van der Waals surface area contributed by atoms with E-state index in [9.17, 15) is 8.42 Å². The molecule has 2 unspecified atom stereocenters. The van der Waals surface area contributed by atoms with E-state index >= 15 is 0 Å². The van der Waals surface area contributed by atoms with Crippen molar-refractivity contribution in [2.45, 2.75) is 50.6 Å². The molecule has 0 spiro atoms. The fraction of sp³-hybridized carbons (Fsp3) is 1.00. The fourth-order valence-corrected chi connectivity index (χ4v) is 4.82. The number of piperidine rings is 1. The van der Waals surface area contributed by atoms with Gasteiger partial charge in [0, 0.05) is 12.1 Å².